The normalized spacial score (nSPS) is 14.7. The van der Waals surface area contributed by atoms with Crippen molar-refractivity contribution in [2.24, 2.45) is 0 Å². The molecule has 1 unspecified atom stereocenters. The quantitative estimate of drug-likeness (QED) is 0.320. The van der Waals surface area contributed by atoms with Crippen LogP contribution in [-0.2, 0) is 24.4 Å². The van der Waals surface area contributed by atoms with Crippen molar-refractivity contribution in [1.82, 2.24) is 10.6 Å². The highest BCUT2D eigenvalue weighted by molar-refractivity contribution is 6.04. The van der Waals surface area contributed by atoms with Crippen molar-refractivity contribution in [3.05, 3.63) is 131 Å². The van der Waals surface area contributed by atoms with Crippen LogP contribution in [0.2, 0.25) is 0 Å². The third kappa shape index (κ3) is 5.55. The summed E-state index contributed by atoms with van der Waals surface area (Å²) in [6.07, 6.45) is 0.527. The van der Waals surface area contributed by atoms with E-state index >= 15 is 0 Å². The number of urea groups is 1. The van der Waals surface area contributed by atoms with Gasteiger partial charge in [-0.05, 0) is 28.3 Å². The van der Waals surface area contributed by atoms with E-state index in [1.807, 2.05) is 103 Å². The van der Waals surface area contributed by atoms with Crippen molar-refractivity contribution >= 4 is 11.9 Å². The lowest BCUT2D eigenvalue weighted by molar-refractivity contribution is -0.120. The van der Waals surface area contributed by atoms with Crippen LogP contribution in [0.4, 0.5) is 4.79 Å². The van der Waals surface area contributed by atoms with E-state index in [2.05, 4.69) is 10.6 Å². The van der Waals surface area contributed by atoms with Crippen molar-refractivity contribution in [3.63, 3.8) is 0 Å². The van der Waals surface area contributed by atoms with Gasteiger partial charge in [0, 0.05) is 18.1 Å². The molecule has 3 amide bonds. The monoisotopic (exact) mass is 478 g/mol. The van der Waals surface area contributed by atoms with Crippen molar-refractivity contribution in [1.29, 1.82) is 0 Å². The molecule has 1 atom stereocenters. The molecule has 6 heteroatoms. The molecule has 6 nitrogen and oxygen atoms in total. The highest BCUT2D eigenvalue weighted by Crippen LogP contribution is 2.36. The predicted octanol–water partition coefficient (Wildman–Crippen LogP) is 5.32. The highest BCUT2D eigenvalue weighted by Gasteiger charge is 2.34. The summed E-state index contributed by atoms with van der Waals surface area (Å²) in [4.78, 5) is 24.7. The Kier molecular flexibility index (Phi) is 6.94. The highest BCUT2D eigenvalue weighted by atomic mass is 16.5. The van der Waals surface area contributed by atoms with Crippen LogP contribution < -0.4 is 20.1 Å². The van der Waals surface area contributed by atoms with Gasteiger partial charge in [-0.2, -0.15) is 0 Å². The maximum atomic E-state index is 12.7. The van der Waals surface area contributed by atoms with Crippen LogP contribution in [0.15, 0.2) is 103 Å². The topological polar surface area (TPSA) is 76.7 Å². The smallest absolute Gasteiger partial charge is 0.322 e. The van der Waals surface area contributed by atoms with Crippen LogP contribution in [0.3, 0.4) is 0 Å². The number of rotatable bonds is 9. The van der Waals surface area contributed by atoms with Crippen LogP contribution in [0, 0.1) is 0 Å². The first-order valence-electron chi connectivity index (χ1n) is 11.8. The largest absolute Gasteiger partial charge is 0.489 e. The van der Waals surface area contributed by atoms with Crippen LogP contribution >= 0.6 is 0 Å². The number of nitrogens with one attached hydrogen (secondary N) is 2. The first kappa shape index (κ1) is 23.2. The van der Waals surface area contributed by atoms with Crippen molar-refractivity contribution in [2.75, 3.05) is 0 Å². The van der Waals surface area contributed by atoms with Gasteiger partial charge in [0.15, 0.2) is 0 Å². The molecule has 1 saturated heterocycles. The van der Waals surface area contributed by atoms with E-state index in [0.29, 0.717) is 36.7 Å². The lowest BCUT2D eigenvalue weighted by Crippen LogP contribution is -2.22. The van der Waals surface area contributed by atoms with Crippen LogP contribution in [0.1, 0.15) is 33.9 Å². The minimum absolute atomic E-state index is 0.355. The first-order valence-corrected chi connectivity index (χ1v) is 11.8. The van der Waals surface area contributed by atoms with Gasteiger partial charge in [-0.25, -0.2) is 4.79 Å². The fourth-order valence-electron chi connectivity index (χ4n) is 4.21. The van der Waals surface area contributed by atoms with E-state index in [1.165, 1.54) is 0 Å². The molecule has 1 fully saturated rings. The zero-order valence-electron chi connectivity index (χ0n) is 19.6. The van der Waals surface area contributed by atoms with Gasteiger partial charge in [-0.1, -0.05) is 91.0 Å². The summed E-state index contributed by atoms with van der Waals surface area (Å²) in [6.45, 7) is 0.715. The van der Waals surface area contributed by atoms with Crippen LogP contribution in [0.5, 0.6) is 11.5 Å². The molecule has 2 N–H and O–H groups in total. The van der Waals surface area contributed by atoms with E-state index in [0.717, 1.165) is 22.3 Å². The molecule has 0 aliphatic carbocycles. The Hall–Kier alpha value is -4.58. The average Bonchev–Trinajstić information content (AvgIpc) is 3.26. The Labute approximate surface area is 209 Å². The minimum atomic E-state index is -0.837. The molecule has 1 heterocycles. The second-order valence-corrected chi connectivity index (χ2v) is 8.60. The molecule has 5 rings (SSSR count). The summed E-state index contributed by atoms with van der Waals surface area (Å²) < 4.78 is 12.5. The number of imide groups is 1. The number of benzene rings is 4. The fraction of sp³-hybridized carbons (Fsp3) is 0.133. The molecule has 1 aliphatic heterocycles. The first-order chi connectivity index (χ1) is 17.7. The Morgan fingerprint density at radius 3 is 1.78 bits per heavy atom. The summed E-state index contributed by atoms with van der Waals surface area (Å²) >= 11 is 0. The van der Waals surface area contributed by atoms with Gasteiger partial charge >= 0.3 is 6.03 Å². The minimum Gasteiger partial charge on any atom is -0.489 e. The molecule has 0 bridgehead atoms. The van der Waals surface area contributed by atoms with Gasteiger partial charge in [0.25, 0.3) is 5.91 Å². The Morgan fingerprint density at radius 1 is 0.667 bits per heavy atom. The van der Waals surface area contributed by atoms with E-state index in [1.54, 1.807) is 0 Å². The maximum Gasteiger partial charge on any atom is 0.322 e. The lowest BCUT2D eigenvalue weighted by Gasteiger charge is -2.21. The van der Waals surface area contributed by atoms with Gasteiger partial charge in [0.05, 0.1) is 0 Å². The second-order valence-electron chi connectivity index (χ2n) is 8.60. The van der Waals surface area contributed by atoms with Gasteiger partial charge in [-0.15, -0.1) is 0 Å². The van der Waals surface area contributed by atoms with Crippen LogP contribution in [0.25, 0.3) is 0 Å². The molecule has 4 aromatic rings. The molecule has 0 radical (unpaired) electrons. The van der Waals surface area contributed by atoms with Gasteiger partial charge < -0.3 is 14.8 Å². The summed E-state index contributed by atoms with van der Waals surface area (Å²) in [5.74, 6) is 0.767. The molecule has 180 valence electrons. The van der Waals surface area contributed by atoms with Gasteiger partial charge in [-0.3, -0.25) is 10.1 Å². The lowest BCUT2D eigenvalue weighted by atomic mass is 9.93. The average molecular weight is 479 g/mol. The third-order valence-electron chi connectivity index (χ3n) is 6.01. The van der Waals surface area contributed by atoms with Gasteiger partial charge in [0.2, 0.25) is 0 Å². The summed E-state index contributed by atoms with van der Waals surface area (Å²) in [7, 11) is 0. The number of ether oxygens (including phenoxy) is 2. The van der Waals surface area contributed by atoms with E-state index in [4.69, 9.17) is 9.47 Å². The molecule has 4 aromatic carbocycles. The molecular weight excluding hydrogens is 452 g/mol. The maximum absolute atomic E-state index is 12.7. The standard InChI is InChI=1S/C30H26N2O4/c33-29-28(31-30(34)32-29)26-17-24(35-19-22-12-6-2-7-13-22)18-27(36-20-23-14-8-3-9-15-23)25(26)16-21-10-4-1-5-11-21/h1-15,17-18,28H,16,19-20H2,(H2,31,32,33,34). The van der Waals surface area contributed by atoms with Crippen molar-refractivity contribution in [3.8, 4) is 11.5 Å². The SMILES string of the molecule is O=C1NC(=O)C(c2cc(OCc3ccccc3)cc(OCc3ccccc3)c2Cc2ccccc2)N1. The van der Waals surface area contributed by atoms with Crippen molar-refractivity contribution < 1.29 is 19.1 Å². The van der Waals surface area contributed by atoms with Gasteiger partial charge in [0.1, 0.15) is 30.8 Å². The molecular formula is C30H26N2O4. The zero-order valence-corrected chi connectivity index (χ0v) is 19.6. The molecule has 0 aromatic heterocycles. The number of carbonyl (C=O) groups is 2. The van der Waals surface area contributed by atoms with E-state index in [9.17, 15) is 9.59 Å². The molecule has 36 heavy (non-hydrogen) atoms. The Balaban J connectivity index is 1.55. The van der Waals surface area contributed by atoms with E-state index < -0.39 is 18.0 Å². The van der Waals surface area contributed by atoms with Crippen molar-refractivity contribution in [2.45, 2.75) is 25.7 Å². The Bertz CT molecular complexity index is 1340. The molecule has 0 saturated carbocycles. The molecule has 1 aliphatic rings. The second kappa shape index (κ2) is 10.8. The Morgan fingerprint density at radius 2 is 1.22 bits per heavy atom. The summed E-state index contributed by atoms with van der Waals surface area (Å²) in [5, 5.41) is 5.08. The zero-order chi connectivity index (χ0) is 24.7. The third-order valence-corrected chi connectivity index (χ3v) is 6.01. The number of carbonyl (C=O) groups excluding carboxylic acids is 2. The number of hydrogen-bond donors (Lipinski definition) is 2. The summed E-state index contributed by atoms with van der Waals surface area (Å²) in [5.41, 5.74) is 4.58. The fourth-order valence-corrected chi connectivity index (χ4v) is 4.21. The van der Waals surface area contributed by atoms with E-state index in [-0.39, 0.29) is 0 Å². The van der Waals surface area contributed by atoms with Crippen LogP contribution in [-0.4, -0.2) is 11.9 Å². The number of amides is 3. The predicted molar refractivity (Wildman–Crippen MR) is 137 cm³/mol. The molecule has 0 spiro atoms. The number of hydrogen-bond acceptors (Lipinski definition) is 4. The summed E-state index contributed by atoms with van der Waals surface area (Å²) in [6, 6.07) is 32.0.